The largest absolute Gasteiger partial charge is 2.00 e. The van der Waals surface area contributed by atoms with E-state index in [2.05, 4.69) is 27.9 Å². The normalized spacial score (nSPS) is 7.73. The molecule has 0 bridgehead atoms. The Hall–Kier alpha value is 0.976. The zero-order chi connectivity index (χ0) is 6.69. The van der Waals surface area contributed by atoms with Gasteiger partial charge in [-0.05, 0) is 0 Å². The molecule has 0 saturated heterocycles. The van der Waals surface area contributed by atoms with E-state index in [1.54, 1.807) is 11.3 Å². The van der Waals surface area contributed by atoms with Crippen LogP contribution in [-0.4, -0.2) is 23.1 Å². The average Bonchev–Trinajstić information content (AvgIpc) is 2.18. The van der Waals surface area contributed by atoms with Crippen molar-refractivity contribution in [3.63, 3.8) is 0 Å². The molecule has 11 heavy (non-hydrogen) atoms. The van der Waals surface area contributed by atoms with Crippen LogP contribution in [0.4, 0.5) is 0 Å². The summed E-state index contributed by atoms with van der Waals surface area (Å²) >= 11 is 4.99. The Kier molecular flexibility index (Phi) is 10.0. The Morgan fingerprint density at radius 3 is 2.73 bits per heavy atom. The van der Waals surface area contributed by atoms with Crippen LogP contribution in [0.15, 0.2) is 22.5 Å². The monoisotopic (exact) mass is 260 g/mol. The van der Waals surface area contributed by atoms with Crippen molar-refractivity contribution in [2.45, 2.75) is 6.42 Å². The van der Waals surface area contributed by atoms with Crippen molar-refractivity contribution in [2.24, 2.45) is 0 Å². The summed E-state index contributed by atoms with van der Waals surface area (Å²) in [6.45, 7) is 3.65. The van der Waals surface area contributed by atoms with Gasteiger partial charge in [-0.3, -0.25) is 11.3 Å². The van der Waals surface area contributed by atoms with E-state index in [9.17, 15) is 0 Å². The molecule has 0 aliphatic carbocycles. The fourth-order valence-electron chi connectivity index (χ4n) is 0.569. The predicted octanol–water partition coefficient (Wildman–Crippen LogP) is -0.338. The molecule has 0 aromatic carbocycles. The number of hydrogen-bond donors (Lipinski definition) is 0. The fourth-order valence-corrected chi connectivity index (χ4v) is 1.70. The first-order valence-electron chi connectivity index (χ1n) is 2.59. The van der Waals surface area contributed by atoms with Crippen molar-refractivity contribution in [3.05, 3.63) is 33.5 Å². The van der Waals surface area contributed by atoms with E-state index in [-0.39, 0.29) is 35.5 Å². The van der Waals surface area contributed by atoms with E-state index >= 15 is 0 Å². The second-order valence-corrected chi connectivity index (χ2v) is 3.82. The number of allylic oxidation sites excluding steroid dienone is 1. The third kappa shape index (κ3) is 4.53. The minimum Gasteiger partial charge on any atom is -1.00 e. The number of halogens is 2. The summed E-state index contributed by atoms with van der Waals surface area (Å²) in [7, 11) is 0. The molecule has 1 heterocycles. The molecule has 4 heteroatoms. The third-order valence-electron chi connectivity index (χ3n) is 0.998. The maximum Gasteiger partial charge on any atom is 2.00 e. The number of rotatable bonds is 2. The van der Waals surface area contributed by atoms with Crippen LogP contribution >= 0.6 is 27.3 Å². The van der Waals surface area contributed by atoms with Crippen LogP contribution in [-0.2, 0) is 6.42 Å². The standard InChI is InChI=1S/C7H6BrS.ClH.Mg/c1-2-3-6-4-5-9-7(6)8;;/h2,4H,1,3H2;1H;/q-1;;+2/p-1. The third-order valence-corrected chi connectivity index (χ3v) is 2.67. The first kappa shape index (κ1) is 14.5. The first-order valence-corrected chi connectivity index (χ1v) is 4.20. The van der Waals surface area contributed by atoms with Crippen LogP contribution in [0, 0.1) is 5.38 Å². The fraction of sp³-hybridized carbons (Fsp3) is 0.143. The van der Waals surface area contributed by atoms with Crippen LogP contribution in [0.1, 0.15) is 5.56 Å². The summed E-state index contributed by atoms with van der Waals surface area (Å²) in [4.78, 5) is 0. The molecular formula is C7H6BrClMgS. The second-order valence-electron chi connectivity index (χ2n) is 1.66. The molecule has 0 unspecified atom stereocenters. The zero-order valence-electron chi connectivity index (χ0n) is 5.94. The van der Waals surface area contributed by atoms with Gasteiger partial charge < -0.3 is 12.4 Å². The Morgan fingerprint density at radius 2 is 2.36 bits per heavy atom. The molecule has 1 rings (SSSR count). The quantitative estimate of drug-likeness (QED) is 0.388. The van der Waals surface area contributed by atoms with Gasteiger partial charge in [-0.1, -0.05) is 16.3 Å². The predicted molar refractivity (Wildman–Crippen MR) is 50.5 cm³/mol. The van der Waals surface area contributed by atoms with Gasteiger partial charge in [0.05, 0.1) is 0 Å². The maximum atomic E-state index is 3.65. The number of thiophene rings is 1. The van der Waals surface area contributed by atoms with E-state index < -0.39 is 0 Å². The molecular weight excluding hydrogens is 256 g/mol. The summed E-state index contributed by atoms with van der Waals surface area (Å²) in [5.74, 6) is 0. The van der Waals surface area contributed by atoms with Crippen LogP contribution in [0.25, 0.3) is 0 Å². The molecule has 0 fully saturated rings. The Labute approximate surface area is 102 Å². The first-order chi connectivity index (χ1) is 4.34. The van der Waals surface area contributed by atoms with Gasteiger partial charge in [0.2, 0.25) is 0 Å². The molecule has 0 radical (unpaired) electrons. The Bertz CT molecular complexity index is 212. The van der Waals surface area contributed by atoms with Crippen molar-refractivity contribution >= 4 is 50.3 Å². The molecule has 0 amide bonds. The van der Waals surface area contributed by atoms with Crippen molar-refractivity contribution in [1.82, 2.24) is 0 Å². The van der Waals surface area contributed by atoms with E-state index in [1.807, 2.05) is 12.1 Å². The van der Waals surface area contributed by atoms with Crippen molar-refractivity contribution in [2.75, 3.05) is 0 Å². The minimum atomic E-state index is 0. The van der Waals surface area contributed by atoms with Crippen LogP contribution in [0.3, 0.4) is 0 Å². The number of hydrogen-bond acceptors (Lipinski definition) is 1. The van der Waals surface area contributed by atoms with Crippen LogP contribution < -0.4 is 12.4 Å². The van der Waals surface area contributed by atoms with Gasteiger partial charge in [0.15, 0.2) is 0 Å². The van der Waals surface area contributed by atoms with E-state index in [4.69, 9.17) is 0 Å². The molecule has 0 atom stereocenters. The zero-order valence-corrected chi connectivity index (χ0v) is 10.5. The molecule has 1 aromatic rings. The average molecular weight is 262 g/mol. The van der Waals surface area contributed by atoms with Gasteiger partial charge in [-0.15, -0.1) is 27.9 Å². The molecule has 0 nitrogen and oxygen atoms in total. The molecule has 0 saturated carbocycles. The summed E-state index contributed by atoms with van der Waals surface area (Å²) in [5.41, 5.74) is 1.27. The van der Waals surface area contributed by atoms with Crippen LogP contribution in [0.2, 0.25) is 0 Å². The van der Waals surface area contributed by atoms with Gasteiger partial charge in [0.1, 0.15) is 0 Å². The van der Waals surface area contributed by atoms with Crippen molar-refractivity contribution < 1.29 is 12.4 Å². The van der Waals surface area contributed by atoms with E-state index in [1.165, 1.54) is 9.35 Å². The van der Waals surface area contributed by atoms with E-state index in [0.717, 1.165) is 6.42 Å². The van der Waals surface area contributed by atoms with Gasteiger partial charge >= 0.3 is 23.1 Å². The van der Waals surface area contributed by atoms with Gasteiger partial charge in [0, 0.05) is 0 Å². The maximum absolute atomic E-state index is 3.65. The van der Waals surface area contributed by atoms with Crippen molar-refractivity contribution in [1.29, 1.82) is 0 Å². The van der Waals surface area contributed by atoms with Crippen LogP contribution in [0.5, 0.6) is 0 Å². The SMILES string of the molecule is C=CCc1c[c-]sc1Br.[Cl-].[Mg+2]. The topological polar surface area (TPSA) is 0 Å². The minimum absolute atomic E-state index is 0. The molecule has 0 spiro atoms. The van der Waals surface area contributed by atoms with Gasteiger partial charge in [-0.2, -0.15) is 11.6 Å². The van der Waals surface area contributed by atoms with Crippen molar-refractivity contribution in [3.8, 4) is 0 Å². The van der Waals surface area contributed by atoms with E-state index in [0.29, 0.717) is 0 Å². The molecule has 1 aromatic heterocycles. The summed E-state index contributed by atoms with van der Waals surface area (Å²) in [6.07, 6.45) is 2.82. The summed E-state index contributed by atoms with van der Waals surface area (Å²) < 4.78 is 1.17. The second kappa shape index (κ2) is 7.62. The summed E-state index contributed by atoms with van der Waals surface area (Å²) in [6, 6.07) is 1.98. The summed E-state index contributed by atoms with van der Waals surface area (Å²) in [5, 5.41) is 3.03. The molecule has 0 aliphatic rings. The molecule has 0 aliphatic heterocycles. The molecule has 0 N–H and O–H groups in total. The van der Waals surface area contributed by atoms with Gasteiger partial charge in [-0.25, -0.2) is 0 Å². The smallest absolute Gasteiger partial charge is 1.00 e. The Morgan fingerprint density at radius 1 is 1.73 bits per heavy atom. The van der Waals surface area contributed by atoms with Gasteiger partial charge in [0.25, 0.3) is 0 Å². The Balaban J connectivity index is 0. The molecule has 56 valence electrons.